The Labute approximate surface area is 182 Å². The summed E-state index contributed by atoms with van der Waals surface area (Å²) in [5.74, 6) is -0.315. The van der Waals surface area contributed by atoms with Gasteiger partial charge in [0.2, 0.25) is 5.91 Å². The van der Waals surface area contributed by atoms with Crippen molar-refractivity contribution in [2.75, 3.05) is 23.4 Å². The van der Waals surface area contributed by atoms with Gasteiger partial charge in [0.05, 0.1) is 11.4 Å². The number of nitrogens with one attached hydrogen (secondary N) is 1. The maximum Gasteiger partial charge on any atom is 0.344 e. The molecule has 1 N–H and O–H groups in total. The zero-order valence-corrected chi connectivity index (χ0v) is 18.3. The molecule has 0 fully saturated rings. The van der Waals surface area contributed by atoms with E-state index in [2.05, 4.69) is 5.32 Å². The zero-order valence-electron chi connectivity index (χ0n) is 18.3. The number of anilines is 2. The van der Waals surface area contributed by atoms with Crippen molar-refractivity contribution in [3.05, 3.63) is 53.6 Å². The fourth-order valence-corrected chi connectivity index (χ4v) is 3.60. The molecular weight excluding hydrogens is 396 g/mol. The molecule has 7 nitrogen and oxygen atoms in total. The van der Waals surface area contributed by atoms with Crippen LogP contribution in [-0.4, -0.2) is 37.0 Å². The summed E-state index contributed by atoms with van der Waals surface area (Å²) >= 11 is 0. The Hall–Kier alpha value is -3.35. The van der Waals surface area contributed by atoms with Crippen LogP contribution in [0.1, 0.15) is 44.2 Å². The first-order chi connectivity index (χ1) is 14.8. The first-order valence-electron chi connectivity index (χ1n) is 10.4. The summed E-state index contributed by atoms with van der Waals surface area (Å²) in [4.78, 5) is 38.7. The molecule has 0 saturated heterocycles. The molecule has 3 rings (SSSR count). The normalized spacial score (nSPS) is 15.7. The Balaban J connectivity index is 1.63. The lowest BCUT2D eigenvalue weighted by Crippen LogP contribution is -2.41. The van der Waals surface area contributed by atoms with E-state index in [1.54, 1.807) is 31.2 Å². The van der Waals surface area contributed by atoms with Crippen LogP contribution in [0.15, 0.2) is 42.5 Å². The van der Waals surface area contributed by atoms with Gasteiger partial charge >= 0.3 is 5.97 Å². The summed E-state index contributed by atoms with van der Waals surface area (Å²) in [6.45, 7) is 7.12. The molecule has 2 aromatic rings. The highest BCUT2D eigenvalue weighted by Crippen LogP contribution is 2.31. The molecule has 1 heterocycles. The number of aryl methyl sites for hydroxylation is 1. The first-order valence-corrected chi connectivity index (χ1v) is 10.4. The van der Waals surface area contributed by atoms with Crippen molar-refractivity contribution < 1.29 is 23.9 Å². The summed E-state index contributed by atoms with van der Waals surface area (Å²) in [7, 11) is 0. The largest absolute Gasteiger partial charge is 0.482 e. The van der Waals surface area contributed by atoms with Gasteiger partial charge < -0.3 is 19.7 Å². The van der Waals surface area contributed by atoms with E-state index in [1.165, 1.54) is 4.90 Å². The molecule has 0 aliphatic carbocycles. The lowest BCUT2D eigenvalue weighted by Gasteiger charge is -2.27. The van der Waals surface area contributed by atoms with Gasteiger partial charge in [-0.2, -0.15) is 0 Å². The molecule has 0 spiro atoms. The molecular formula is C24H28N2O5. The number of carbonyl (C=O) groups excluding carboxylic acids is 3. The van der Waals surface area contributed by atoms with E-state index < -0.39 is 18.5 Å². The van der Waals surface area contributed by atoms with Gasteiger partial charge in [0.15, 0.2) is 13.2 Å². The van der Waals surface area contributed by atoms with Crippen LogP contribution in [0.5, 0.6) is 5.75 Å². The van der Waals surface area contributed by atoms with Crippen LogP contribution in [0, 0.1) is 6.92 Å². The van der Waals surface area contributed by atoms with Gasteiger partial charge in [0.1, 0.15) is 5.75 Å². The smallest absolute Gasteiger partial charge is 0.344 e. The molecule has 0 saturated carbocycles. The number of benzene rings is 2. The van der Waals surface area contributed by atoms with E-state index in [0.29, 0.717) is 17.1 Å². The van der Waals surface area contributed by atoms with Crippen molar-refractivity contribution >= 4 is 29.2 Å². The molecule has 0 radical (unpaired) electrons. The van der Waals surface area contributed by atoms with E-state index in [-0.39, 0.29) is 30.9 Å². The molecule has 1 aliphatic rings. The fourth-order valence-electron chi connectivity index (χ4n) is 3.60. The summed E-state index contributed by atoms with van der Waals surface area (Å²) in [5, 5.41) is 2.80. The summed E-state index contributed by atoms with van der Waals surface area (Å²) in [5.41, 5.74) is 3.17. The highest BCUT2D eigenvalue weighted by Gasteiger charge is 2.30. The van der Waals surface area contributed by atoms with E-state index in [1.807, 2.05) is 39.0 Å². The van der Waals surface area contributed by atoms with Gasteiger partial charge in [-0.1, -0.05) is 38.1 Å². The Morgan fingerprint density at radius 3 is 2.65 bits per heavy atom. The molecule has 31 heavy (non-hydrogen) atoms. The molecule has 0 aromatic heterocycles. The van der Waals surface area contributed by atoms with Gasteiger partial charge in [-0.3, -0.25) is 9.59 Å². The molecule has 2 amide bonds. The van der Waals surface area contributed by atoms with E-state index in [0.717, 1.165) is 11.1 Å². The first kappa shape index (κ1) is 22.3. The third kappa shape index (κ3) is 5.42. The molecule has 2 aromatic carbocycles. The number of para-hydroxylation sites is 2. The summed E-state index contributed by atoms with van der Waals surface area (Å²) in [6, 6.07) is 12.6. The minimum Gasteiger partial charge on any atom is -0.482 e. The van der Waals surface area contributed by atoms with Crippen molar-refractivity contribution in [3.8, 4) is 5.75 Å². The van der Waals surface area contributed by atoms with E-state index >= 15 is 0 Å². The third-order valence-electron chi connectivity index (χ3n) is 5.12. The standard InChI is InChI=1S/C24H28N2O5/c1-15(2)18-10-9-16(3)11-21(18)30-14-24(29)31-13-23(28)26-17(4)12-22(27)25-19-7-5-6-8-20(19)26/h5-11,15,17H,12-14H2,1-4H3,(H,25,27)/t17-/m1/s1. The molecule has 1 atom stereocenters. The van der Waals surface area contributed by atoms with Crippen LogP contribution in [0.25, 0.3) is 0 Å². The monoisotopic (exact) mass is 424 g/mol. The zero-order chi connectivity index (χ0) is 22.5. The number of ether oxygens (including phenoxy) is 2. The van der Waals surface area contributed by atoms with E-state index in [9.17, 15) is 14.4 Å². The van der Waals surface area contributed by atoms with Crippen LogP contribution in [0.2, 0.25) is 0 Å². The van der Waals surface area contributed by atoms with Gasteiger partial charge in [-0.15, -0.1) is 0 Å². The molecule has 7 heteroatoms. The van der Waals surface area contributed by atoms with Gasteiger partial charge in [0.25, 0.3) is 5.91 Å². The van der Waals surface area contributed by atoms with Gasteiger partial charge in [0, 0.05) is 12.5 Å². The highest BCUT2D eigenvalue weighted by molar-refractivity contribution is 6.05. The predicted molar refractivity (Wildman–Crippen MR) is 118 cm³/mol. The fraction of sp³-hybridized carbons (Fsp3) is 0.375. The van der Waals surface area contributed by atoms with Crippen molar-refractivity contribution in [2.45, 2.75) is 46.1 Å². The van der Waals surface area contributed by atoms with Crippen LogP contribution in [0.4, 0.5) is 11.4 Å². The van der Waals surface area contributed by atoms with Crippen molar-refractivity contribution in [2.24, 2.45) is 0 Å². The van der Waals surface area contributed by atoms with Crippen LogP contribution >= 0.6 is 0 Å². The number of esters is 1. The van der Waals surface area contributed by atoms with E-state index in [4.69, 9.17) is 9.47 Å². The lowest BCUT2D eigenvalue weighted by molar-refractivity contribution is -0.150. The maximum absolute atomic E-state index is 12.9. The second-order valence-corrected chi connectivity index (χ2v) is 8.03. The average molecular weight is 424 g/mol. The minimum atomic E-state index is -0.630. The average Bonchev–Trinajstić information content (AvgIpc) is 2.84. The second-order valence-electron chi connectivity index (χ2n) is 8.03. The number of hydrogen-bond donors (Lipinski definition) is 1. The van der Waals surface area contributed by atoms with Crippen molar-refractivity contribution in [3.63, 3.8) is 0 Å². The van der Waals surface area contributed by atoms with Crippen LogP contribution in [-0.2, 0) is 19.1 Å². The topological polar surface area (TPSA) is 84.9 Å². The Morgan fingerprint density at radius 1 is 1.16 bits per heavy atom. The quantitative estimate of drug-likeness (QED) is 0.713. The van der Waals surface area contributed by atoms with Gasteiger partial charge in [-0.25, -0.2) is 4.79 Å². The highest BCUT2D eigenvalue weighted by atomic mass is 16.6. The van der Waals surface area contributed by atoms with Crippen molar-refractivity contribution in [1.29, 1.82) is 0 Å². The molecule has 1 aliphatic heterocycles. The Kier molecular flexibility index (Phi) is 6.95. The number of fused-ring (bicyclic) bond motifs is 1. The molecule has 164 valence electrons. The third-order valence-corrected chi connectivity index (χ3v) is 5.12. The van der Waals surface area contributed by atoms with Crippen molar-refractivity contribution in [1.82, 2.24) is 0 Å². The number of nitrogens with zero attached hydrogens (tertiary/aromatic N) is 1. The maximum atomic E-state index is 12.9. The molecule has 0 bridgehead atoms. The summed E-state index contributed by atoms with van der Waals surface area (Å²) < 4.78 is 10.9. The number of carbonyl (C=O) groups is 3. The predicted octanol–water partition coefficient (Wildman–Crippen LogP) is 3.80. The molecule has 0 unspecified atom stereocenters. The van der Waals surface area contributed by atoms with Gasteiger partial charge in [-0.05, 0) is 49.1 Å². The number of amides is 2. The van der Waals surface area contributed by atoms with Crippen LogP contribution < -0.4 is 15.0 Å². The Morgan fingerprint density at radius 2 is 1.90 bits per heavy atom. The Bertz CT molecular complexity index is 986. The summed E-state index contributed by atoms with van der Waals surface area (Å²) in [6.07, 6.45) is 0.156. The number of rotatable bonds is 6. The number of hydrogen-bond acceptors (Lipinski definition) is 5. The minimum absolute atomic E-state index is 0.156. The SMILES string of the molecule is Cc1ccc(C(C)C)c(OCC(=O)OCC(=O)N2c3ccccc3NC(=O)C[C@H]2C)c1. The second kappa shape index (κ2) is 9.64. The lowest BCUT2D eigenvalue weighted by atomic mass is 10.0. The van der Waals surface area contributed by atoms with Crippen LogP contribution in [0.3, 0.4) is 0 Å².